The Bertz CT molecular complexity index is 1120. The molecule has 0 spiro atoms. The molecule has 1 N–H and O–H groups in total. The molecule has 0 unspecified atom stereocenters. The van der Waals surface area contributed by atoms with Crippen LogP contribution in [-0.2, 0) is 19.6 Å². The van der Waals surface area contributed by atoms with Crippen LogP contribution < -0.4 is 5.32 Å². The van der Waals surface area contributed by atoms with Crippen molar-refractivity contribution < 1.29 is 27.5 Å². The number of hydrogen-bond acceptors (Lipinski definition) is 6. The lowest BCUT2D eigenvalue weighted by atomic mass is 10.1. The highest BCUT2D eigenvalue weighted by molar-refractivity contribution is 7.89. The molecule has 1 aliphatic heterocycles. The molecule has 0 radical (unpaired) electrons. The van der Waals surface area contributed by atoms with Gasteiger partial charge in [-0.05, 0) is 55.3 Å². The number of nitrogens with one attached hydrogen (secondary N) is 1. The quantitative estimate of drug-likeness (QED) is 0.465. The molecule has 1 aliphatic rings. The molecular formula is C24H28N2O6S. The summed E-state index contributed by atoms with van der Waals surface area (Å²) in [7, 11) is -3.68. The highest BCUT2D eigenvalue weighted by atomic mass is 32.2. The van der Waals surface area contributed by atoms with Gasteiger partial charge < -0.3 is 10.1 Å². The van der Waals surface area contributed by atoms with Crippen molar-refractivity contribution in [1.82, 2.24) is 4.31 Å². The van der Waals surface area contributed by atoms with Gasteiger partial charge in [0.25, 0.3) is 0 Å². The molecule has 0 atom stereocenters. The second-order valence-electron chi connectivity index (χ2n) is 8.21. The first kappa shape index (κ1) is 24.6. The number of rotatable bonds is 8. The van der Waals surface area contributed by atoms with Crippen molar-refractivity contribution in [2.24, 2.45) is 5.92 Å². The Morgan fingerprint density at radius 2 is 1.64 bits per heavy atom. The van der Waals surface area contributed by atoms with E-state index in [2.05, 4.69) is 5.32 Å². The van der Waals surface area contributed by atoms with Crippen LogP contribution in [0.15, 0.2) is 53.4 Å². The van der Waals surface area contributed by atoms with Gasteiger partial charge >= 0.3 is 5.97 Å². The molecule has 0 saturated carbocycles. The maximum atomic E-state index is 12.8. The summed E-state index contributed by atoms with van der Waals surface area (Å²) in [5, 5.41) is 2.73. The highest BCUT2D eigenvalue weighted by Gasteiger charge is 2.26. The van der Waals surface area contributed by atoms with E-state index in [0.29, 0.717) is 24.3 Å². The summed E-state index contributed by atoms with van der Waals surface area (Å²) < 4.78 is 32.2. The number of ether oxygens (including phenoxy) is 1. The first-order valence-corrected chi connectivity index (χ1v) is 12.3. The maximum Gasteiger partial charge on any atom is 0.338 e. The predicted molar refractivity (Wildman–Crippen MR) is 124 cm³/mol. The third kappa shape index (κ3) is 6.27. The number of benzene rings is 2. The van der Waals surface area contributed by atoms with E-state index in [-0.39, 0.29) is 22.3 Å². The number of hydrogen-bond donors (Lipinski definition) is 1. The highest BCUT2D eigenvalue weighted by Crippen LogP contribution is 2.21. The number of ketones is 1. The van der Waals surface area contributed by atoms with Crippen LogP contribution in [0.3, 0.4) is 0 Å². The number of Topliss-reactive ketones (excluding diaryl/α,β-unsaturated/α-hetero) is 1. The number of carbonyl (C=O) groups excluding carboxylic acids is 3. The van der Waals surface area contributed by atoms with Gasteiger partial charge in [-0.3, -0.25) is 9.59 Å². The van der Waals surface area contributed by atoms with E-state index in [4.69, 9.17) is 4.74 Å². The molecule has 176 valence electrons. The molecule has 9 heteroatoms. The van der Waals surface area contributed by atoms with Crippen molar-refractivity contribution in [2.75, 3.05) is 25.0 Å². The number of sulfonamides is 1. The molecule has 0 aromatic heterocycles. The Labute approximate surface area is 194 Å². The van der Waals surface area contributed by atoms with Crippen molar-refractivity contribution in [3.8, 4) is 0 Å². The molecule has 1 heterocycles. The van der Waals surface area contributed by atoms with E-state index in [1.54, 1.807) is 26.0 Å². The zero-order valence-electron chi connectivity index (χ0n) is 18.7. The maximum absolute atomic E-state index is 12.8. The first-order chi connectivity index (χ1) is 15.7. The number of carbonyl (C=O) groups is 3. The summed E-state index contributed by atoms with van der Waals surface area (Å²) in [6.07, 6.45) is 2.63. The smallest absolute Gasteiger partial charge is 0.338 e. The summed E-state index contributed by atoms with van der Waals surface area (Å²) in [5.74, 6) is -1.49. The molecule has 0 aliphatic carbocycles. The van der Waals surface area contributed by atoms with Crippen LogP contribution in [0.5, 0.6) is 0 Å². The zero-order chi connectivity index (χ0) is 24.0. The summed E-state index contributed by atoms with van der Waals surface area (Å²) in [6, 6.07) is 12.0. The fraction of sp³-hybridized carbons (Fsp3) is 0.375. The van der Waals surface area contributed by atoms with E-state index in [1.165, 1.54) is 40.7 Å². The monoisotopic (exact) mass is 472 g/mol. The lowest BCUT2D eigenvalue weighted by Crippen LogP contribution is -2.35. The minimum atomic E-state index is -3.68. The van der Waals surface area contributed by atoms with Gasteiger partial charge in [-0.1, -0.05) is 26.3 Å². The van der Waals surface area contributed by atoms with Crippen LogP contribution in [0.25, 0.3) is 0 Å². The second kappa shape index (κ2) is 10.7. The average Bonchev–Trinajstić information content (AvgIpc) is 2.83. The Morgan fingerprint density at radius 3 is 2.27 bits per heavy atom. The predicted octanol–water partition coefficient (Wildman–Crippen LogP) is 3.50. The van der Waals surface area contributed by atoms with E-state index in [1.807, 2.05) is 0 Å². The standard InChI is InChI=1S/C24H28N2O6S/c1-17(2)23(28)25-20-11-9-18(10-12-20)22(27)16-32-24(29)19-7-6-8-21(15-19)33(30,31)26-13-4-3-5-14-26/h6-12,15,17H,3-5,13-14,16H2,1-2H3,(H,25,28). The van der Waals surface area contributed by atoms with Crippen molar-refractivity contribution >= 4 is 33.4 Å². The molecule has 2 aromatic carbocycles. The van der Waals surface area contributed by atoms with E-state index in [0.717, 1.165) is 19.3 Å². The van der Waals surface area contributed by atoms with Gasteiger partial charge in [-0.2, -0.15) is 4.31 Å². The van der Waals surface area contributed by atoms with Gasteiger partial charge in [-0.15, -0.1) is 0 Å². The van der Waals surface area contributed by atoms with E-state index < -0.39 is 28.4 Å². The zero-order valence-corrected chi connectivity index (χ0v) is 19.6. The molecule has 2 aromatic rings. The lowest BCUT2D eigenvalue weighted by molar-refractivity contribution is -0.118. The van der Waals surface area contributed by atoms with Crippen molar-refractivity contribution in [3.63, 3.8) is 0 Å². The fourth-order valence-corrected chi connectivity index (χ4v) is 4.93. The van der Waals surface area contributed by atoms with Gasteiger partial charge in [0.2, 0.25) is 15.9 Å². The van der Waals surface area contributed by atoms with Gasteiger partial charge in [0, 0.05) is 30.3 Å². The number of nitrogens with zero attached hydrogens (tertiary/aromatic N) is 1. The summed E-state index contributed by atoms with van der Waals surface area (Å²) in [5.41, 5.74) is 0.952. The minimum absolute atomic E-state index is 0.0317. The molecule has 33 heavy (non-hydrogen) atoms. The fourth-order valence-electron chi connectivity index (χ4n) is 3.36. The third-order valence-electron chi connectivity index (χ3n) is 5.36. The molecular weight excluding hydrogens is 444 g/mol. The normalized spacial score (nSPS) is 14.6. The Balaban J connectivity index is 1.61. The van der Waals surface area contributed by atoms with Crippen molar-refractivity contribution in [2.45, 2.75) is 38.0 Å². The topological polar surface area (TPSA) is 110 Å². The second-order valence-corrected chi connectivity index (χ2v) is 10.2. The molecule has 0 bridgehead atoms. The Kier molecular flexibility index (Phi) is 7.99. The first-order valence-electron chi connectivity index (χ1n) is 10.9. The Morgan fingerprint density at radius 1 is 0.970 bits per heavy atom. The van der Waals surface area contributed by atoms with Crippen LogP contribution in [-0.4, -0.2) is 50.1 Å². The largest absolute Gasteiger partial charge is 0.454 e. The van der Waals surface area contributed by atoms with Gasteiger partial charge in [0.15, 0.2) is 12.4 Å². The van der Waals surface area contributed by atoms with Crippen molar-refractivity contribution in [1.29, 1.82) is 0 Å². The number of esters is 1. The van der Waals surface area contributed by atoms with Crippen LogP contribution in [0, 0.1) is 5.92 Å². The summed E-state index contributed by atoms with van der Waals surface area (Å²) in [4.78, 5) is 36.6. The number of anilines is 1. The average molecular weight is 473 g/mol. The van der Waals surface area contributed by atoms with Crippen molar-refractivity contribution in [3.05, 3.63) is 59.7 Å². The molecule has 1 amide bonds. The van der Waals surface area contributed by atoms with Gasteiger partial charge in [-0.25, -0.2) is 13.2 Å². The van der Waals surface area contributed by atoms with Crippen LogP contribution >= 0.6 is 0 Å². The third-order valence-corrected chi connectivity index (χ3v) is 7.25. The minimum Gasteiger partial charge on any atom is -0.454 e. The van der Waals surface area contributed by atoms with Gasteiger partial charge in [0.05, 0.1) is 10.5 Å². The van der Waals surface area contributed by atoms with E-state index in [9.17, 15) is 22.8 Å². The van der Waals surface area contributed by atoms with Crippen LogP contribution in [0.2, 0.25) is 0 Å². The molecule has 1 fully saturated rings. The summed E-state index contributed by atoms with van der Waals surface area (Å²) >= 11 is 0. The number of amides is 1. The van der Waals surface area contributed by atoms with Crippen LogP contribution in [0.1, 0.15) is 53.8 Å². The van der Waals surface area contributed by atoms with E-state index >= 15 is 0 Å². The number of piperidine rings is 1. The van der Waals surface area contributed by atoms with Gasteiger partial charge in [0.1, 0.15) is 0 Å². The summed E-state index contributed by atoms with van der Waals surface area (Å²) in [6.45, 7) is 4.00. The SMILES string of the molecule is CC(C)C(=O)Nc1ccc(C(=O)COC(=O)c2cccc(S(=O)(=O)N3CCCCC3)c2)cc1. The molecule has 8 nitrogen and oxygen atoms in total. The Hall–Kier alpha value is -3.04. The molecule has 1 saturated heterocycles. The lowest BCUT2D eigenvalue weighted by Gasteiger charge is -2.25. The van der Waals surface area contributed by atoms with Crippen LogP contribution in [0.4, 0.5) is 5.69 Å². The molecule has 3 rings (SSSR count).